The van der Waals surface area contributed by atoms with Crippen molar-refractivity contribution < 1.29 is 27.9 Å². The van der Waals surface area contributed by atoms with Crippen molar-refractivity contribution in [2.45, 2.75) is 19.6 Å². The van der Waals surface area contributed by atoms with Crippen LogP contribution in [0.5, 0.6) is 17.2 Å². The molecule has 0 bridgehead atoms. The van der Waals surface area contributed by atoms with Crippen LogP contribution in [0.2, 0.25) is 5.02 Å². The second-order valence-corrected chi connectivity index (χ2v) is 7.28. The number of halogens is 1. The normalized spacial score (nSPS) is 10.8. The van der Waals surface area contributed by atoms with Crippen molar-refractivity contribution in [2.24, 2.45) is 0 Å². The second-order valence-electron chi connectivity index (χ2n) is 6.87. The molecule has 0 radical (unpaired) electrons. The molecule has 0 atom stereocenters. The number of rotatable bonds is 10. The summed E-state index contributed by atoms with van der Waals surface area (Å²) in [5.74, 6) is 0.266. The number of benzene rings is 2. The number of carbonyl (C=O) groups is 1. The molecule has 34 heavy (non-hydrogen) atoms. The molecule has 2 aromatic heterocycles. The highest BCUT2D eigenvalue weighted by Gasteiger charge is 2.20. The number of Topliss-reactive ketones (excluding diaryl/α,β-unsaturated/α-hetero) is 1. The first-order valence-electron chi connectivity index (χ1n) is 10.0. The third kappa shape index (κ3) is 5.09. The Morgan fingerprint density at radius 1 is 1.09 bits per heavy atom. The quantitative estimate of drug-likeness (QED) is 0.307. The summed E-state index contributed by atoms with van der Waals surface area (Å²) >= 11 is 6.05. The predicted molar refractivity (Wildman–Crippen MR) is 118 cm³/mol. The Bertz CT molecular complexity index is 1360. The van der Waals surface area contributed by atoms with E-state index in [1.807, 2.05) is 0 Å². The lowest BCUT2D eigenvalue weighted by atomic mass is 10.1. The van der Waals surface area contributed by atoms with E-state index in [4.69, 9.17) is 34.8 Å². The van der Waals surface area contributed by atoms with Gasteiger partial charge in [-0.25, -0.2) is 4.79 Å². The van der Waals surface area contributed by atoms with E-state index in [1.165, 1.54) is 14.2 Å². The second kappa shape index (κ2) is 10.2. The number of ether oxygens (including phenoxy) is 3. The van der Waals surface area contributed by atoms with Crippen LogP contribution >= 0.6 is 11.6 Å². The van der Waals surface area contributed by atoms with Crippen molar-refractivity contribution in [1.82, 2.24) is 19.9 Å². The van der Waals surface area contributed by atoms with E-state index in [2.05, 4.69) is 15.2 Å². The first-order valence-corrected chi connectivity index (χ1v) is 10.4. The van der Waals surface area contributed by atoms with Gasteiger partial charge in [0.2, 0.25) is 5.82 Å². The molecule has 4 rings (SSSR count). The third-order valence-corrected chi connectivity index (χ3v) is 5.02. The maximum Gasteiger partial charge on any atom is 0.437 e. The van der Waals surface area contributed by atoms with Gasteiger partial charge in [0, 0.05) is 6.42 Å². The summed E-state index contributed by atoms with van der Waals surface area (Å²) < 4.78 is 27.2. The number of para-hydroxylation sites is 1. The van der Waals surface area contributed by atoms with Gasteiger partial charge in [-0.2, -0.15) is 9.67 Å². The van der Waals surface area contributed by atoms with Gasteiger partial charge in [-0.15, -0.1) is 5.10 Å². The molecule has 0 amide bonds. The minimum absolute atomic E-state index is 0.0188. The summed E-state index contributed by atoms with van der Waals surface area (Å²) in [6.45, 7) is -0.0484. The van der Waals surface area contributed by atoms with Gasteiger partial charge < -0.3 is 23.2 Å². The first-order chi connectivity index (χ1) is 16.5. The summed E-state index contributed by atoms with van der Waals surface area (Å²) in [4.78, 5) is 29.0. The molecule has 0 fully saturated rings. The highest BCUT2D eigenvalue weighted by atomic mass is 35.5. The van der Waals surface area contributed by atoms with Crippen molar-refractivity contribution in [1.29, 1.82) is 0 Å². The number of aryl methyl sites for hydroxylation is 1. The molecule has 0 N–H and O–H groups in total. The zero-order valence-corrected chi connectivity index (χ0v) is 18.9. The van der Waals surface area contributed by atoms with Crippen LogP contribution in [0.25, 0.3) is 11.8 Å². The lowest BCUT2D eigenvalue weighted by Crippen LogP contribution is -2.18. The lowest BCUT2D eigenvalue weighted by Gasteiger charge is -2.09. The van der Waals surface area contributed by atoms with Crippen LogP contribution in [0.15, 0.2) is 56.2 Å². The molecule has 0 saturated carbocycles. The monoisotopic (exact) mass is 486 g/mol. The molecule has 11 nitrogen and oxygen atoms in total. The highest BCUT2D eigenvalue weighted by Crippen LogP contribution is 2.26. The van der Waals surface area contributed by atoms with E-state index in [1.54, 1.807) is 42.5 Å². The van der Waals surface area contributed by atoms with Gasteiger partial charge in [0.25, 0.3) is 0 Å². The number of hydrogen-bond donors (Lipinski definition) is 0. The fourth-order valence-electron chi connectivity index (χ4n) is 3.01. The Balaban J connectivity index is 1.42. The first kappa shape index (κ1) is 23.1. The van der Waals surface area contributed by atoms with Gasteiger partial charge in [0.05, 0.1) is 31.4 Å². The molecule has 2 aromatic carbocycles. The molecule has 0 aliphatic carbocycles. The van der Waals surface area contributed by atoms with Gasteiger partial charge in [-0.1, -0.05) is 28.9 Å². The van der Waals surface area contributed by atoms with Crippen molar-refractivity contribution in [3.8, 4) is 29.0 Å². The van der Waals surface area contributed by atoms with E-state index in [-0.39, 0.29) is 43.0 Å². The summed E-state index contributed by atoms with van der Waals surface area (Å²) in [6, 6.07) is 11.8. The topological polar surface area (TPSA) is 132 Å². The summed E-state index contributed by atoms with van der Waals surface area (Å²) in [5.41, 5.74) is 0.332. The van der Waals surface area contributed by atoms with Gasteiger partial charge >= 0.3 is 17.5 Å². The van der Waals surface area contributed by atoms with Gasteiger partial charge in [-0.05, 0) is 30.3 Å². The smallest absolute Gasteiger partial charge is 0.437 e. The fourth-order valence-corrected chi connectivity index (χ4v) is 3.20. The lowest BCUT2D eigenvalue weighted by molar-refractivity contribution is 0.0971. The summed E-state index contributed by atoms with van der Waals surface area (Å²) in [7, 11) is 2.96. The Hall–Kier alpha value is -4.12. The third-order valence-electron chi connectivity index (χ3n) is 4.71. The molecular weight excluding hydrogens is 468 g/mol. The zero-order valence-electron chi connectivity index (χ0n) is 18.2. The molecule has 4 aromatic rings. The van der Waals surface area contributed by atoms with Crippen LogP contribution in [0.3, 0.4) is 0 Å². The minimum Gasteiger partial charge on any atom is -0.497 e. The highest BCUT2D eigenvalue weighted by molar-refractivity contribution is 6.32. The van der Waals surface area contributed by atoms with Gasteiger partial charge in [0.15, 0.2) is 12.4 Å². The van der Waals surface area contributed by atoms with E-state index >= 15 is 0 Å². The number of ketones is 1. The molecule has 0 saturated heterocycles. The average Bonchev–Trinajstić information content (AvgIpc) is 3.48. The molecule has 0 unspecified atom stereocenters. The average molecular weight is 487 g/mol. The van der Waals surface area contributed by atoms with Gasteiger partial charge in [-0.3, -0.25) is 4.79 Å². The SMILES string of the molecule is COc1ccc(OC)c(C(=O)CCn2nc(-c3nc(COc4ccccc4Cl)no3)oc2=O)c1. The van der Waals surface area contributed by atoms with Crippen LogP contribution in [-0.4, -0.2) is 39.9 Å². The largest absolute Gasteiger partial charge is 0.497 e. The number of aromatic nitrogens is 4. The number of hydrogen-bond acceptors (Lipinski definition) is 10. The van der Waals surface area contributed by atoms with Crippen LogP contribution in [0.1, 0.15) is 22.6 Å². The summed E-state index contributed by atoms with van der Waals surface area (Å²) in [6.07, 6.45) is -0.0316. The zero-order chi connectivity index (χ0) is 24.1. The molecule has 0 spiro atoms. The van der Waals surface area contributed by atoms with Crippen molar-refractivity contribution in [3.63, 3.8) is 0 Å². The van der Waals surface area contributed by atoms with Gasteiger partial charge in [0.1, 0.15) is 17.2 Å². The molecule has 2 heterocycles. The van der Waals surface area contributed by atoms with Crippen molar-refractivity contribution >= 4 is 17.4 Å². The predicted octanol–water partition coefficient (Wildman–Crippen LogP) is 3.41. The standard InChI is InChI=1S/C22H19ClN4O7/c1-30-13-7-8-17(31-2)14(11-13)16(28)9-10-27-22(29)33-21(25-27)20-24-19(26-34-20)12-32-18-6-4-3-5-15(18)23/h3-8,11H,9-10,12H2,1-2H3. The Labute approximate surface area is 197 Å². The van der Waals surface area contributed by atoms with Crippen LogP contribution in [0.4, 0.5) is 0 Å². The van der Waals surface area contributed by atoms with E-state index in [0.717, 1.165) is 4.68 Å². The fraction of sp³-hybridized carbons (Fsp3) is 0.227. The van der Waals surface area contributed by atoms with Crippen molar-refractivity contribution in [2.75, 3.05) is 14.2 Å². The Kier molecular flexibility index (Phi) is 6.93. The van der Waals surface area contributed by atoms with Crippen LogP contribution in [-0.2, 0) is 13.2 Å². The van der Waals surface area contributed by atoms with Crippen molar-refractivity contribution in [3.05, 3.63) is 69.4 Å². The summed E-state index contributed by atoms with van der Waals surface area (Å²) in [5, 5.41) is 8.26. The van der Waals surface area contributed by atoms with Crippen LogP contribution in [0, 0.1) is 0 Å². The van der Waals surface area contributed by atoms with E-state index < -0.39 is 5.76 Å². The molecular formula is C22H19ClN4O7. The van der Waals surface area contributed by atoms with E-state index in [9.17, 15) is 9.59 Å². The molecule has 12 heteroatoms. The van der Waals surface area contributed by atoms with Crippen LogP contribution < -0.4 is 20.0 Å². The maximum atomic E-state index is 12.7. The minimum atomic E-state index is -0.771. The maximum absolute atomic E-state index is 12.7. The molecule has 0 aliphatic heterocycles. The number of carbonyl (C=O) groups excluding carboxylic acids is 1. The molecule has 0 aliphatic rings. The Morgan fingerprint density at radius 2 is 1.91 bits per heavy atom. The molecule has 176 valence electrons. The number of nitrogens with zero attached hydrogens (tertiary/aromatic N) is 4. The Morgan fingerprint density at radius 3 is 2.68 bits per heavy atom. The van der Waals surface area contributed by atoms with E-state index in [0.29, 0.717) is 27.8 Å². The number of methoxy groups -OCH3 is 2.